The number of ether oxygens (including phenoxy) is 2. The summed E-state index contributed by atoms with van der Waals surface area (Å²) in [5.74, 6) is 1.39. The third kappa shape index (κ3) is 4.69. The second-order valence-electron chi connectivity index (χ2n) is 9.49. The maximum atomic E-state index is 13.7. The highest BCUT2D eigenvalue weighted by atomic mass is 35.5. The Hall–Kier alpha value is -3.77. The standard InChI is InChI=1S/C30H29N3O3.ClH/c1-20-8-9-21(2)26(16-20)32-10-12-33(13-11-32)29-23-17-27-28(36-15-14-35-27)18-25(23)31-19-24(29)30(34)22-6-4-3-5-7-22;/h3-9,16-19H,10-15H2,1-2H3;1H. The van der Waals surface area contributed by atoms with Gasteiger partial charge in [0, 0.05) is 55.1 Å². The summed E-state index contributed by atoms with van der Waals surface area (Å²) >= 11 is 0. The van der Waals surface area contributed by atoms with Crippen LogP contribution in [-0.4, -0.2) is 50.2 Å². The van der Waals surface area contributed by atoms with E-state index in [9.17, 15) is 4.79 Å². The van der Waals surface area contributed by atoms with Gasteiger partial charge in [-0.1, -0.05) is 42.5 Å². The SMILES string of the molecule is Cc1ccc(C)c(N2CCN(c3c(C(=O)c4ccccc4)cnc4cc5c(cc34)OCCO5)CC2)c1.Cl. The zero-order chi connectivity index (χ0) is 24.6. The number of piperazine rings is 1. The predicted octanol–water partition coefficient (Wildman–Crippen LogP) is 5.60. The highest BCUT2D eigenvalue weighted by Crippen LogP contribution is 2.40. The molecule has 3 aromatic carbocycles. The lowest BCUT2D eigenvalue weighted by molar-refractivity contribution is 0.103. The molecule has 1 fully saturated rings. The summed E-state index contributed by atoms with van der Waals surface area (Å²) in [7, 11) is 0. The van der Waals surface area contributed by atoms with Crippen molar-refractivity contribution in [3.63, 3.8) is 0 Å². The van der Waals surface area contributed by atoms with Gasteiger partial charge in [0.2, 0.25) is 0 Å². The van der Waals surface area contributed by atoms with Crippen LogP contribution in [0.4, 0.5) is 11.4 Å². The van der Waals surface area contributed by atoms with E-state index in [0.717, 1.165) is 42.8 Å². The van der Waals surface area contributed by atoms with Gasteiger partial charge in [0.15, 0.2) is 17.3 Å². The Morgan fingerprint density at radius 2 is 1.51 bits per heavy atom. The van der Waals surface area contributed by atoms with Gasteiger partial charge in [0.05, 0.1) is 16.8 Å². The maximum Gasteiger partial charge on any atom is 0.196 e. The van der Waals surface area contributed by atoms with E-state index >= 15 is 0 Å². The van der Waals surface area contributed by atoms with E-state index in [4.69, 9.17) is 9.47 Å². The molecule has 1 saturated heterocycles. The van der Waals surface area contributed by atoms with Crippen molar-refractivity contribution in [1.29, 1.82) is 0 Å². The first-order chi connectivity index (χ1) is 17.6. The summed E-state index contributed by atoms with van der Waals surface area (Å²) in [5.41, 5.74) is 6.83. The van der Waals surface area contributed by atoms with Crippen LogP contribution in [0.25, 0.3) is 10.9 Å². The van der Waals surface area contributed by atoms with Crippen LogP contribution in [0.1, 0.15) is 27.0 Å². The first-order valence-corrected chi connectivity index (χ1v) is 12.5. The molecule has 2 aliphatic rings. The molecule has 0 aliphatic carbocycles. The van der Waals surface area contributed by atoms with Gasteiger partial charge in [-0.05, 0) is 37.1 Å². The van der Waals surface area contributed by atoms with E-state index in [1.54, 1.807) is 6.20 Å². The van der Waals surface area contributed by atoms with Crippen molar-refractivity contribution in [3.05, 3.63) is 89.1 Å². The summed E-state index contributed by atoms with van der Waals surface area (Å²) in [5, 5.41) is 0.918. The molecule has 190 valence electrons. The number of ketones is 1. The fourth-order valence-corrected chi connectivity index (χ4v) is 5.20. The zero-order valence-corrected chi connectivity index (χ0v) is 21.9. The van der Waals surface area contributed by atoms with Crippen molar-refractivity contribution in [3.8, 4) is 11.5 Å². The molecule has 0 N–H and O–H groups in total. The highest BCUT2D eigenvalue weighted by Gasteiger charge is 2.27. The molecular weight excluding hydrogens is 486 g/mol. The Morgan fingerprint density at radius 1 is 0.838 bits per heavy atom. The molecule has 6 rings (SSSR count). The quantitative estimate of drug-likeness (QED) is 0.330. The molecule has 37 heavy (non-hydrogen) atoms. The van der Waals surface area contributed by atoms with Crippen LogP contribution in [0.15, 0.2) is 66.9 Å². The number of halogens is 1. The van der Waals surface area contributed by atoms with E-state index < -0.39 is 0 Å². The van der Waals surface area contributed by atoms with Gasteiger partial charge in [-0.15, -0.1) is 12.4 Å². The molecule has 4 aromatic rings. The van der Waals surface area contributed by atoms with E-state index in [1.807, 2.05) is 42.5 Å². The summed E-state index contributed by atoms with van der Waals surface area (Å²) in [4.78, 5) is 23.1. The topological polar surface area (TPSA) is 54.9 Å². The van der Waals surface area contributed by atoms with Crippen LogP contribution in [0, 0.1) is 13.8 Å². The molecule has 0 radical (unpaired) electrons. The molecule has 0 unspecified atom stereocenters. The van der Waals surface area contributed by atoms with Gasteiger partial charge < -0.3 is 19.3 Å². The fraction of sp³-hybridized carbons (Fsp3) is 0.267. The minimum atomic E-state index is -0.0214. The minimum absolute atomic E-state index is 0. The number of hydrogen-bond acceptors (Lipinski definition) is 6. The number of nitrogens with zero attached hydrogens (tertiary/aromatic N) is 3. The van der Waals surface area contributed by atoms with Crippen molar-refractivity contribution in [2.75, 3.05) is 49.2 Å². The van der Waals surface area contributed by atoms with Crippen molar-refractivity contribution >= 4 is 40.5 Å². The van der Waals surface area contributed by atoms with Crippen LogP contribution in [-0.2, 0) is 0 Å². The lowest BCUT2D eigenvalue weighted by Crippen LogP contribution is -2.47. The predicted molar refractivity (Wildman–Crippen MR) is 150 cm³/mol. The van der Waals surface area contributed by atoms with Gasteiger partial charge in [0.25, 0.3) is 0 Å². The third-order valence-electron chi connectivity index (χ3n) is 7.09. The van der Waals surface area contributed by atoms with Crippen LogP contribution < -0.4 is 19.3 Å². The zero-order valence-electron chi connectivity index (χ0n) is 21.1. The molecule has 0 bridgehead atoms. The average Bonchev–Trinajstić information content (AvgIpc) is 2.93. The number of carbonyl (C=O) groups excluding carboxylic acids is 1. The van der Waals surface area contributed by atoms with Gasteiger partial charge >= 0.3 is 0 Å². The number of hydrogen-bond donors (Lipinski definition) is 0. The number of aromatic nitrogens is 1. The summed E-state index contributed by atoms with van der Waals surface area (Å²) in [6.45, 7) is 8.69. The van der Waals surface area contributed by atoms with E-state index in [2.05, 4.69) is 46.8 Å². The molecule has 0 spiro atoms. The molecule has 1 aromatic heterocycles. The van der Waals surface area contributed by atoms with Crippen LogP contribution in [0.5, 0.6) is 11.5 Å². The van der Waals surface area contributed by atoms with Gasteiger partial charge in [-0.2, -0.15) is 0 Å². The van der Waals surface area contributed by atoms with E-state index in [1.165, 1.54) is 16.8 Å². The number of pyridine rings is 1. The van der Waals surface area contributed by atoms with Gasteiger partial charge in [-0.3, -0.25) is 9.78 Å². The normalized spacial score (nSPS) is 14.9. The summed E-state index contributed by atoms with van der Waals surface area (Å²) in [6.07, 6.45) is 1.72. The molecule has 7 heteroatoms. The van der Waals surface area contributed by atoms with Crippen molar-refractivity contribution in [2.45, 2.75) is 13.8 Å². The molecule has 0 atom stereocenters. The lowest BCUT2D eigenvalue weighted by atomic mass is 9.99. The van der Waals surface area contributed by atoms with Crippen LogP contribution >= 0.6 is 12.4 Å². The molecule has 3 heterocycles. The molecule has 6 nitrogen and oxygen atoms in total. The van der Waals surface area contributed by atoms with Crippen LogP contribution in [0.3, 0.4) is 0 Å². The third-order valence-corrected chi connectivity index (χ3v) is 7.09. The largest absolute Gasteiger partial charge is 0.486 e. The number of carbonyl (C=O) groups is 1. The highest BCUT2D eigenvalue weighted by molar-refractivity contribution is 6.16. The lowest BCUT2D eigenvalue weighted by Gasteiger charge is -2.39. The summed E-state index contributed by atoms with van der Waals surface area (Å²) in [6, 6.07) is 20.0. The number of benzene rings is 3. The van der Waals surface area contributed by atoms with Gasteiger partial charge in [-0.25, -0.2) is 0 Å². The first kappa shape index (κ1) is 24.9. The van der Waals surface area contributed by atoms with Crippen molar-refractivity contribution in [2.24, 2.45) is 0 Å². The van der Waals surface area contributed by atoms with Crippen LogP contribution in [0.2, 0.25) is 0 Å². The Labute approximate surface area is 223 Å². The summed E-state index contributed by atoms with van der Waals surface area (Å²) < 4.78 is 11.7. The average molecular weight is 516 g/mol. The fourth-order valence-electron chi connectivity index (χ4n) is 5.20. The number of anilines is 2. The Morgan fingerprint density at radius 3 is 2.24 bits per heavy atom. The number of aryl methyl sites for hydroxylation is 2. The van der Waals surface area contributed by atoms with E-state index in [0.29, 0.717) is 35.8 Å². The maximum absolute atomic E-state index is 13.7. The Bertz CT molecular complexity index is 1450. The first-order valence-electron chi connectivity index (χ1n) is 12.5. The van der Waals surface area contributed by atoms with Crippen molar-refractivity contribution < 1.29 is 14.3 Å². The van der Waals surface area contributed by atoms with Gasteiger partial charge in [0.1, 0.15) is 13.2 Å². The number of fused-ring (bicyclic) bond motifs is 2. The monoisotopic (exact) mass is 515 g/mol. The van der Waals surface area contributed by atoms with E-state index in [-0.39, 0.29) is 18.2 Å². The van der Waals surface area contributed by atoms with Crippen molar-refractivity contribution in [1.82, 2.24) is 4.98 Å². The molecule has 0 amide bonds. The smallest absolute Gasteiger partial charge is 0.196 e. The molecule has 0 saturated carbocycles. The Balaban J connectivity index is 0.00000280. The second kappa shape index (κ2) is 10.3. The molecule has 2 aliphatic heterocycles. The Kier molecular flexibility index (Phi) is 6.94. The minimum Gasteiger partial charge on any atom is -0.486 e. The molecular formula is C30H30ClN3O3. The number of rotatable bonds is 4. The second-order valence-corrected chi connectivity index (χ2v) is 9.49.